The van der Waals surface area contributed by atoms with Crippen LogP contribution in [-0.2, 0) is 14.4 Å². The van der Waals surface area contributed by atoms with Crippen molar-refractivity contribution in [2.75, 3.05) is 10.6 Å². The van der Waals surface area contributed by atoms with Crippen LogP contribution in [0.3, 0.4) is 0 Å². The van der Waals surface area contributed by atoms with Crippen molar-refractivity contribution in [3.63, 3.8) is 0 Å². The van der Waals surface area contributed by atoms with E-state index in [1.54, 1.807) is 42.5 Å². The van der Waals surface area contributed by atoms with Gasteiger partial charge in [-0.15, -0.1) is 0 Å². The van der Waals surface area contributed by atoms with Crippen LogP contribution in [0.15, 0.2) is 42.5 Å². The van der Waals surface area contributed by atoms with E-state index >= 15 is 0 Å². The van der Waals surface area contributed by atoms with Crippen molar-refractivity contribution in [2.24, 2.45) is 0 Å². The first-order chi connectivity index (χ1) is 11.5. The van der Waals surface area contributed by atoms with Gasteiger partial charge in [0.25, 0.3) is 0 Å². The SMILES string of the molecule is CC(=O)Nc1cccc(C(=O)c2ccc3c(c2)C(C=O)C(=O)N3)c1. The maximum atomic E-state index is 12.7. The van der Waals surface area contributed by atoms with Gasteiger partial charge in [-0.1, -0.05) is 12.1 Å². The largest absolute Gasteiger partial charge is 0.326 e. The molecule has 1 atom stereocenters. The number of fused-ring (bicyclic) bond motifs is 1. The Bertz CT molecular complexity index is 873. The van der Waals surface area contributed by atoms with Crippen molar-refractivity contribution in [1.82, 2.24) is 0 Å². The first-order valence-corrected chi connectivity index (χ1v) is 7.32. The van der Waals surface area contributed by atoms with Crippen LogP contribution in [-0.4, -0.2) is 23.9 Å². The van der Waals surface area contributed by atoms with Crippen LogP contribution in [0.5, 0.6) is 0 Å². The fourth-order valence-electron chi connectivity index (χ4n) is 2.67. The van der Waals surface area contributed by atoms with Crippen LogP contribution in [0.4, 0.5) is 11.4 Å². The summed E-state index contributed by atoms with van der Waals surface area (Å²) in [6.07, 6.45) is 0.562. The van der Waals surface area contributed by atoms with Gasteiger partial charge in [0.05, 0.1) is 0 Å². The molecule has 6 nitrogen and oxygen atoms in total. The third-order valence-corrected chi connectivity index (χ3v) is 3.77. The molecule has 2 N–H and O–H groups in total. The Hall–Kier alpha value is -3.28. The molecule has 3 rings (SSSR count). The standard InChI is InChI=1S/C18H14N2O4/c1-10(22)19-13-4-2-3-11(7-13)17(23)12-5-6-16-14(8-12)15(9-21)18(24)20-16/h2-9,15H,1H3,(H,19,22)(H,20,24). The van der Waals surface area contributed by atoms with Crippen molar-refractivity contribution < 1.29 is 19.2 Å². The van der Waals surface area contributed by atoms with E-state index in [1.807, 2.05) is 0 Å². The summed E-state index contributed by atoms with van der Waals surface area (Å²) >= 11 is 0. The minimum atomic E-state index is -0.890. The second-order valence-electron chi connectivity index (χ2n) is 5.50. The molecule has 0 aliphatic carbocycles. The summed E-state index contributed by atoms with van der Waals surface area (Å²) in [4.78, 5) is 46.6. The zero-order valence-corrected chi connectivity index (χ0v) is 12.8. The Balaban J connectivity index is 1.94. The van der Waals surface area contributed by atoms with Crippen LogP contribution in [0.2, 0.25) is 0 Å². The Labute approximate surface area is 137 Å². The molecule has 1 heterocycles. The minimum absolute atomic E-state index is 0.226. The second kappa shape index (κ2) is 6.08. The molecule has 6 heteroatoms. The topological polar surface area (TPSA) is 92.3 Å². The molecule has 0 aromatic heterocycles. The number of benzene rings is 2. The molecule has 1 aliphatic rings. The molecule has 2 aromatic carbocycles. The average Bonchev–Trinajstić information content (AvgIpc) is 2.87. The predicted molar refractivity (Wildman–Crippen MR) is 88.1 cm³/mol. The lowest BCUT2D eigenvalue weighted by Crippen LogP contribution is -2.12. The van der Waals surface area contributed by atoms with Crippen molar-refractivity contribution in [3.05, 3.63) is 59.2 Å². The quantitative estimate of drug-likeness (QED) is 0.512. The lowest BCUT2D eigenvalue weighted by Gasteiger charge is -2.07. The summed E-state index contributed by atoms with van der Waals surface area (Å²) in [6.45, 7) is 1.39. The molecule has 0 radical (unpaired) electrons. The summed E-state index contributed by atoms with van der Waals surface area (Å²) < 4.78 is 0. The van der Waals surface area contributed by atoms with E-state index in [0.717, 1.165) is 0 Å². The van der Waals surface area contributed by atoms with Gasteiger partial charge in [0.1, 0.15) is 12.2 Å². The average molecular weight is 322 g/mol. The first-order valence-electron chi connectivity index (χ1n) is 7.32. The number of ketones is 1. The Morgan fingerprint density at radius 3 is 2.58 bits per heavy atom. The van der Waals surface area contributed by atoms with Gasteiger partial charge in [-0.2, -0.15) is 0 Å². The molecular weight excluding hydrogens is 308 g/mol. The molecule has 0 spiro atoms. The van der Waals surface area contributed by atoms with Gasteiger partial charge in [0, 0.05) is 29.4 Å². The number of carbonyl (C=O) groups excluding carboxylic acids is 4. The van der Waals surface area contributed by atoms with E-state index in [1.165, 1.54) is 6.92 Å². The summed E-state index contributed by atoms with van der Waals surface area (Å²) in [5, 5.41) is 5.23. The normalized spacial score (nSPS) is 15.4. The first kappa shape index (κ1) is 15.6. The van der Waals surface area contributed by atoms with E-state index in [-0.39, 0.29) is 11.7 Å². The summed E-state index contributed by atoms with van der Waals surface area (Å²) in [6, 6.07) is 11.3. The van der Waals surface area contributed by atoms with Crippen molar-refractivity contribution in [2.45, 2.75) is 12.8 Å². The van der Waals surface area contributed by atoms with Gasteiger partial charge in [-0.3, -0.25) is 14.4 Å². The number of carbonyl (C=O) groups is 4. The van der Waals surface area contributed by atoms with Crippen LogP contribution in [0.25, 0.3) is 0 Å². The maximum absolute atomic E-state index is 12.7. The molecule has 1 aliphatic heterocycles. The summed E-state index contributed by atoms with van der Waals surface area (Å²) in [7, 11) is 0. The zero-order chi connectivity index (χ0) is 17.3. The highest BCUT2D eigenvalue weighted by Crippen LogP contribution is 2.32. The second-order valence-corrected chi connectivity index (χ2v) is 5.50. The van der Waals surface area contributed by atoms with Gasteiger partial charge in [-0.25, -0.2) is 0 Å². The number of rotatable bonds is 4. The van der Waals surface area contributed by atoms with Crippen LogP contribution >= 0.6 is 0 Å². The van der Waals surface area contributed by atoms with Gasteiger partial charge >= 0.3 is 0 Å². The summed E-state index contributed by atoms with van der Waals surface area (Å²) in [5.41, 5.74) is 2.34. The van der Waals surface area contributed by atoms with Crippen molar-refractivity contribution in [3.8, 4) is 0 Å². The maximum Gasteiger partial charge on any atom is 0.239 e. The molecule has 24 heavy (non-hydrogen) atoms. The van der Waals surface area contributed by atoms with Crippen molar-refractivity contribution >= 4 is 35.3 Å². The van der Waals surface area contributed by atoms with Gasteiger partial charge in [0.15, 0.2) is 5.78 Å². The van der Waals surface area contributed by atoms with Gasteiger partial charge < -0.3 is 15.4 Å². The number of anilines is 2. The molecule has 0 fully saturated rings. The van der Waals surface area contributed by atoms with Crippen LogP contribution < -0.4 is 10.6 Å². The van der Waals surface area contributed by atoms with Crippen LogP contribution in [0.1, 0.15) is 34.3 Å². The van der Waals surface area contributed by atoms with E-state index in [9.17, 15) is 19.2 Å². The Kier molecular flexibility index (Phi) is 3.95. The highest BCUT2D eigenvalue weighted by molar-refractivity contribution is 6.14. The molecule has 1 unspecified atom stereocenters. The number of hydrogen-bond acceptors (Lipinski definition) is 4. The monoisotopic (exact) mass is 322 g/mol. The molecule has 0 bridgehead atoms. The molecular formula is C18H14N2O4. The minimum Gasteiger partial charge on any atom is -0.326 e. The molecule has 2 aromatic rings. The number of nitrogens with one attached hydrogen (secondary N) is 2. The van der Waals surface area contributed by atoms with E-state index < -0.39 is 11.8 Å². The van der Waals surface area contributed by atoms with Crippen molar-refractivity contribution in [1.29, 1.82) is 0 Å². The number of amides is 2. The van der Waals surface area contributed by atoms with E-state index in [4.69, 9.17) is 0 Å². The lowest BCUT2D eigenvalue weighted by molar-refractivity contribution is -0.121. The number of aldehydes is 1. The molecule has 0 saturated carbocycles. The summed E-state index contributed by atoms with van der Waals surface area (Å²) in [5.74, 6) is -1.76. The van der Waals surface area contributed by atoms with E-state index in [0.29, 0.717) is 34.4 Å². The zero-order valence-electron chi connectivity index (χ0n) is 12.8. The van der Waals surface area contributed by atoms with Gasteiger partial charge in [0.2, 0.25) is 11.8 Å². The Morgan fingerprint density at radius 1 is 1.12 bits per heavy atom. The fourth-order valence-corrected chi connectivity index (χ4v) is 2.67. The van der Waals surface area contributed by atoms with E-state index in [2.05, 4.69) is 10.6 Å². The Morgan fingerprint density at radius 2 is 1.88 bits per heavy atom. The molecule has 120 valence electrons. The fraction of sp³-hybridized carbons (Fsp3) is 0.111. The number of hydrogen-bond donors (Lipinski definition) is 2. The third-order valence-electron chi connectivity index (χ3n) is 3.77. The molecule has 2 amide bonds. The lowest BCUT2D eigenvalue weighted by atomic mass is 9.96. The smallest absolute Gasteiger partial charge is 0.239 e. The predicted octanol–water partition coefficient (Wildman–Crippen LogP) is 2.11. The van der Waals surface area contributed by atoms with Crippen LogP contribution in [0, 0.1) is 0 Å². The highest BCUT2D eigenvalue weighted by atomic mass is 16.2. The van der Waals surface area contributed by atoms with Gasteiger partial charge in [-0.05, 0) is 35.9 Å². The molecule has 0 saturated heterocycles. The third kappa shape index (κ3) is 2.81. The highest BCUT2D eigenvalue weighted by Gasteiger charge is 2.30.